The summed E-state index contributed by atoms with van der Waals surface area (Å²) in [7, 11) is 1.63. The van der Waals surface area contributed by atoms with Crippen LogP contribution in [0.2, 0.25) is 0 Å². The van der Waals surface area contributed by atoms with Crippen molar-refractivity contribution < 1.29 is 9.29 Å². The lowest BCUT2D eigenvalue weighted by atomic mass is 10.2. The van der Waals surface area contributed by atoms with Crippen molar-refractivity contribution in [2.45, 2.75) is 39.0 Å². The first-order valence-electron chi connectivity index (χ1n) is 7.07. The summed E-state index contributed by atoms with van der Waals surface area (Å²) in [6.07, 6.45) is 1.71. The van der Waals surface area contributed by atoms with Crippen molar-refractivity contribution in [1.82, 2.24) is 14.3 Å². The second kappa shape index (κ2) is 7.48. The maximum absolute atomic E-state index is 12.1. The van der Waals surface area contributed by atoms with E-state index in [4.69, 9.17) is 4.74 Å². The van der Waals surface area contributed by atoms with Gasteiger partial charge in [0.25, 0.3) is 0 Å². The zero-order chi connectivity index (χ0) is 17.0. The van der Waals surface area contributed by atoms with Gasteiger partial charge >= 0.3 is 0 Å². The molecule has 1 atom stereocenters. The molecule has 0 fully saturated rings. The summed E-state index contributed by atoms with van der Waals surface area (Å²) in [5, 5.41) is 0.669. The topological polar surface area (TPSA) is 83.3 Å². The highest BCUT2D eigenvalue weighted by Crippen LogP contribution is 2.21. The van der Waals surface area contributed by atoms with Crippen LogP contribution in [0, 0.1) is 0 Å². The molecule has 0 saturated carbocycles. The highest BCUT2D eigenvalue weighted by Gasteiger charge is 2.27. The van der Waals surface area contributed by atoms with Crippen LogP contribution in [0.4, 0.5) is 0 Å². The highest BCUT2D eigenvalue weighted by atomic mass is 32.2. The van der Waals surface area contributed by atoms with E-state index in [1.54, 1.807) is 20.2 Å². The van der Waals surface area contributed by atoms with Crippen molar-refractivity contribution in [3.8, 4) is 11.4 Å². The number of ether oxygens (including phenoxy) is 1. The van der Waals surface area contributed by atoms with Crippen molar-refractivity contribution in [2.75, 3.05) is 7.11 Å². The average Bonchev–Trinajstić information content (AvgIpc) is 2.97. The summed E-state index contributed by atoms with van der Waals surface area (Å²) in [6, 6.07) is 3.75. The standard InChI is InChI=1S/C15H20N4O2S2/c1-10(19-23(20)15(2,3)4)14-17-13(18-22-14)11-6-7-16-12(8-11)9-21-5/h6-8H,9H2,1-5H3/b19-10+/t23-/m0/s1. The molecule has 0 bridgehead atoms. The summed E-state index contributed by atoms with van der Waals surface area (Å²) in [5.41, 5.74) is 2.33. The lowest BCUT2D eigenvalue weighted by Gasteiger charge is -2.18. The Kier molecular flexibility index (Phi) is 5.85. The maximum atomic E-state index is 12.1. The largest absolute Gasteiger partial charge is 0.591 e. The molecule has 2 aromatic heterocycles. The number of rotatable bonds is 5. The molecule has 0 amide bonds. The lowest BCUT2D eigenvalue weighted by Crippen LogP contribution is -2.26. The molecule has 2 aromatic rings. The molecule has 2 heterocycles. The van der Waals surface area contributed by atoms with Crippen LogP contribution in [-0.4, -0.2) is 36.5 Å². The summed E-state index contributed by atoms with van der Waals surface area (Å²) in [6.45, 7) is 7.91. The van der Waals surface area contributed by atoms with Gasteiger partial charge in [-0.3, -0.25) is 4.98 Å². The van der Waals surface area contributed by atoms with E-state index in [2.05, 4.69) is 18.7 Å². The molecule has 0 aliphatic heterocycles. The first kappa shape index (κ1) is 18.0. The molecule has 23 heavy (non-hydrogen) atoms. The number of hydrogen-bond acceptors (Lipinski definition) is 7. The SMILES string of the molecule is COCc1cc(-c2nsc(/C(C)=N/[S@@+]([O-])C(C)(C)C)n2)ccn1. The number of hydrogen-bond donors (Lipinski definition) is 0. The predicted octanol–water partition coefficient (Wildman–Crippen LogP) is 3.02. The molecule has 0 aromatic carbocycles. The number of pyridine rings is 1. The van der Waals surface area contributed by atoms with Crippen molar-refractivity contribution >= 4 is 28.6 Å². The Bertz CT molecular complexity index is 695. The molecule has 0 aliphatic carbocycles. The van der Waals surface area contributed by atoms with E-state index in [0.29, 0.717) is 23.2 Å². The minimum absolute atomic E-state index is 0.394. The van der Waals surface area contributed by atoms with Crippen LogP contribution in [0.15, 0.2) is 22.7 Å². The monoisotopic (exact) mass is 352 g/mol. The summed E-state index contributed by atoms with van der Waals surface area (Å²) in [5.74, 6) is 0.612. The Morgan fingerprint density at radius 3 is 2.83 bits per heavy atom. The lowest BCUT2D eigenvalue weighted by molar-refractivity contribution is 0.181. The molecule has 0 saturated heterocycles. The fourth-order valence-electron chi connectivity index (χ4n) is 1.63. The van der Waals surface area contributed by atoms with Gasteiger partial charge in [0.1, 0.15) is 21.8 Å². The number of methoxy groups -OCH3 is 1. The van der Waals surface area contributed by atoms with Gasteiger partial charge in [-0.15, -0.1) is 0 Å². The Labute approximate surface area is 143 Å². The van der Waals surface area contributed by atoms with Gasteiger partial charge in [0.2, 0.25) is 0 Å². The average molecular weight is 352 g/mol. The quantitative estimate of drug-likeness (QED) is 0.610. The minimum Gasteiger partial charge on any atom is -0.591 e. The molecule has 2 rings (SSSR count). The molecule has 0 unspecified atom stereocenters. The second-order valence-corrected chi connectivity index (χ2v) is 8.59. The second-order valence-electron chi connectivity index (χ2n) is 5.93. The number of aromatic nitrogens is 3. The molecule has 124 valence electrons. The van der Waals surface area contributed by atoms with Crippen LogP contribution in [0.5, 0.6) is 0 Å². The van der Waals surface area contributed by atoms with Crippen molar-refractivity contribution in [2.24, 2.45) is 4.40 Å². The molecule has 0 aliphatic rings. The van der Waals surface area contributed by atoms with E-state index in [1.165, 1.54) is 11.5 Å². The normalized spacial score (nSPS) is 14.1. The van der Waals surface area contributed by atoms with Gasteiger partial charge in [-0.1, -0.05) is 4.40 Å². The van der Waals surface area contributed by atoms with Gasteiger partial charge in [-0.2, -0.15) is 4.37 Å². The van der Waals surface area contributed by atoms with Crippen LogP contribution >= 0.6 is 11.5 Å². The van der Waals surface area contributed by atoms with E-state index in [1.807, 2.05) is 32.9 Å². The van der Waals surface area contributed by atoms with Gasteiger partial charge in [0.15, 0.2) is 10.8 Å². The Morgan fingerprint density at radius 1 is 1.43 bits per heavy atom. The van der Waals surface area contributed by atoms with Crippen molar-refractivity contribution in [3.05, 3.63) is 29.0 Å². The van der Waals surface area contributed by atoms with E-state index >= 15 is 0 Å². The molecule has 8 heteroatoms. The molecular formula is C15H20N4O2S2. The van der Waals surface area contributed by atoms with E-state index in [-0.39, 0.29) is 0 Å². The molecule has 0 N–H and O–H groups in total. The maximum Gasteiger partial charge on any atom is 0.173 e. The smallest absolute Gasteiger partial charge is 0.173 e. The molecule has 0 spiro atoms. The summed E-state index contributed by atoms with van der Waals surface area (Å²) in [4.78, 5) is 8.71. The van der Waals surface area contributed by atoms with Crippen LogP contribution in [-0.2, 0) is 22.7 Å². The molecular weight excluding hydrogens is 332 g/mol. The van der Waals surface area contributed by atoms with Gasteiger partial charge in [0, 0.05) is 18.9 Å². The van der Waals surface area contributed by atoms with E-state index in [9.17, 15) is 4.55 Å². The van der Waals surface area contributed by atoms with Gasteiger partial charge in [-0.05, 0) is 51.4 Å². The fourth-order valence-corrected chi connectivity index (χ4v) is 2.92. The van der Waals surface area contributed by atoms with Crippen molar-refractivity contribution in [3.63, 3.8) is 0 Å². The highest BCUT2D eigenvalue weighted by molar-refractivity contribution is 7.91. The first-order valence-corrected chi connectivity index (χ1v) is 8.95. The number of nitrogens with zero attached hydrogens (tertiary/aromatic N) is 4. The van der Waals surface area contributed by atoms with Crippen LogP contribution in [0.1, 0.15) is 38.4 Å². The molecule has 6 nitrogen and oxygen atoms in total. The Balaban J connectivity index is 2.23. The Hall–Kier alpha value is -1.35. The summed E-state index contributed by atoms with van der Waals surface area (Å²) >= 11 is -0.0629. The zero-order valence-corrected chi connectivity index (χ0v) is 15.5. The van der Waals surface area contributed by atoms with Gasteiger partial charge in [-0.25, -0.2) is 4.98 Å². The first-order chi connectivity index (χ1) is 10.8. The van der Waals surface area contributed by atoms with Gasteiger partial charge in [0.05, 0.1) is 12.3 Å². The minimum atomic E-state index is -1.31. The van der Waals surface area contributed by atoms with Crippen molar-refractivity contribution in [1.29, 1.82) is 0 Å². The van der Waals surface area contributed by atoms with Gasteiger partial charge < -0.3 is 9.29 Å². The van der Waals surface area contributed by atoms with Crippen LogP contribution < -0.4 is 0 Å². The zero-order valence-electron chi connectivity index (χ0n) is 13.9. The van der Waals surface area contributed by atoms with E-state index in [0.717, 1.165) is 11.3 Å². The summed E-state index contributed by atoms with van der Waals surface area (Å²) < 4.78 is 25.4. The van der Waals surface area contributed by atoms with Crippen LogP contribution in [0.3, 0.4) is 0 Å². The van der Waals surface area contributed by atoms with Crippen LogP contribution in [0.25, 0.3) is 11.4 Å². The third-order valence-electron chi connectivity index (χ3n) is 2.85. The fraction of sp³-hybridized carbons (Fsp3) is 0.467. The third kappa shape index (κ3) is 4.81. The van der Waals surface area contributed by atoms with E-state index < -0.39 is 16.1 Å². The predicted molar refractivity (Wildman–Crippen MR) is 94.0 cm³/mol. The molecule has 0 radical (unpaired) electrons. The Morgan fingerprint density at radius 2 is 2.17 bits per heavy atom. The third-order valence-corrected chi connectivity index (χ3v) is 5.16.